The number of nitriles is 1. The normalized spacial score (nSPS) is 14.2. The van der Waals surface area contributed by atoms with Crippen LogP contribution >= 0.6 is 33.9 Å². The van der Waals surface area contributed by atoms with Crippen LogP contribution in [0.1, 0.15) is 49.1 Å². The van der Waals surface area contributed by atoms with Crippen molar-refractivity contribution in [2.45, 2.75) is 33.4 Å². The van der Waals surface area contributed by atoms with E-state index >= 15 is 0 Å². The van der Waals surface area contributed by atoms with Gasteiger partial charge in [-0.2, -0.15) is 5.26 Å². The minimum absolute atomic E-state index is 0.169. The fraction of sp³-hybridized carbons (Fsp3) is 0.231. The standard InChI is InChI=1S/C39H35IN4O5S/c1-6-43(7-2)38(46)33-23(3)42-39-44(35(33)34-28-15-11-10-12-25(28)16-17-30(34)47-4)37(45)32(50-39)20-24-18-29(40)36(31(19-24)48-5)49-22-27-14-9-8-13-26(27)21-41/h8-20,35H,6-7,22H2,1-5H3/b32-20+/t35-/m0/s1. The Labute approximate surface area is 307 Å². The number of methoxy groups -OCH3 is 2. The molecule has 254 valence electrons. The fourth-order valence-corrected chi connectivity index (χ4v) is 8.13. The molecule has 0 N–H and O–H groups in total. The van der Waals surface area contributed by atoms with Crippen molar-refractivity contribution < 1.29 is 19.0 Å². The zero-order valence-electron chi connectivity index (χ0n) is 28.3. The lowest BCUT2D eigenvalue weighted by atomic mass is 9.90. The summed E-state index contributed by atoms with van der Waals surface area (Å²) in [6.45, 7) is 6.94. The summed E-state index contributed by atoms with van der Waals surface area (Å²) < 4.78 is 20.7. The molecule has 1 atom stereocenters. The van der Waals surface area contributed by atoms with Crippen LogP contribution in [0.2, 0.25) is 0 Å². The van der Waals surface area contributed by atoms with Gasteiger partial charge in [-0.3, -0.25) is 14.2 Å². The van der Waals surface area contributed by atoms with Crippen molar-refractivity contribution in [2.75, 3.05) is 27.3 Å². The Hall–Kier alpha value is -4.93. The summed E-state index contributed by atoms with van der Waals surface area (Å²) in [6, 6.07) is 24.2. The van der Waals surface area contributed by atoms with Gasteiger partial charge in [0.25, 0.3) is 11.5 Å². The number of allylic oxidation sites excluding steroid dienone is 1. The Morgan fingerprint density at radius 3 is 2.48 bits per heavy atom. The quantitative estimate of drug-likeness (QED) is 0.153. The molecule has 9 nitrogen and oxygen atoms in total. The Balaban J connectivity index is 1.51. The molecule has 0 aliphatic carbocycles. The maximum absolute atomic E-state index is 14.6. The zero-order valence-corrected chi connectivity index (χ0v) is 31.3. The predicted molar refractivity (Wildman–Crippen MR) is 203 cm³/mol. The molecule has 11 heteroatoms. The van der Waals surface area contributed by atoms with Crippen LogP contribution in [-0.4, -0.2) is 42.7 Å². The number of benzene rings is 4. The molecule has 1 amide bonds. The number of carbonyl (C=O) groups is 1. The van der Waals surface area contributed by atoms with Crippen molar-refractivity contribution in [1.82, 2.24) is 9.47 Å². The highest BCUT2D eigenvalue weighted by atomic mass is 127. The number of hydrogen-bond acceptors (Lipinski definition) is 8. The summed E-state index contributed by atoms with van der Waals surface area (Å²) in [6.07, 6.45) is 1.81. The molecule has 0 fully saturated rings. The Morgan fingerprint density at radius 1 is 1.04 bits per heavy atom. The van der Waals surface area contributed by atoms with Crippen molar-refractivity contribution in [1.29, 1.82) is 5.26 Å². The van der Waals surface area contributed by atoms with E-state index in [1.54, 1.807) is 29.8 Å². The maximum Gasteiger partial charge on any atom is 0.271 e. The molecule has 0 unspecified atom stereocenters. The second kappa shape index (κ2) is 14.9. The molecule has 0 spiro atoms. The SMILES string of the molecule is CCN(CC)C(=O)C1=C(C)N=c2s/c(=C/c3cc(I)c(OCc4ccccc4C#N)c(OC)c3)c(=O)n2[C@@H]1c1c(OC)ccc2ccccc12. The zero-order chi connectivity index (χ0) is 35.5. The lowest BCUT2D eigenvalue weighted by molar-refractivity contribution is -0.127. The summed E-state index contributed by atoms with van der Waals surface area (Å²) in [5.74, 6) is 1.44. The molecule has 4 aromatic carbocycles. The molecule has 6 rings (SSSR count). The third-order valence-corrected chi connectivity index (χ3v) is 10.6. The van der Waals surface area contributed by atoms with E-state index < -0.39 is 6.04 Å². The van der Waals surface area contributed by atoms with Gasteiger partial charge >= 0.3 is 0 Å². The van der Waals surface area contributed by atoms with Gasteiger partial charge in [-0.15, -0.1) is 0 Å². The van der Waals surface area contributed by atoms with Gasteiger partial charge in [0.1, 0.15) is 18.4 Å². The lowest BCUT2D eigenvalue weighted by Crippen LogP contribution is -2.43. The van der Waals surface area contributed by atoms with Crippen molar-refractivity contribution in [3.05, 3.63) is 130 Å². The number of carbonyl (C=O) groups excluding carboxylic acids is 1. The minimum Gasteiger partial charge on any atom is -0.496 e. The van der Waals surface area contributed by atoms with Gasteiger partial charge in [0, 0.05) is 24.2 Å². The molecule has 0 radical (unpaired) electrons. The molecule has 2 heterocycles. The highest BCUT2D eigenvalue weighted by Gasteiger charge is 2.36. The third-order valence-electron chi connectivity index (χ3n) is 8.79. The first-order valence-corrected chi connectivity index (χ1v) is 18.0. The van der Waals surface area contributed by atoms with Crippen molar-refractivity contribution in [3.8, 4) is 23.3 Å². The van der Waals surface area contributed by atoms with Crippen LogP contribution in [0.5, 0.6) is 17.2 Å². The molecule has 50 heavy (non-hydrogen) atoms. The Morgan fingerprint density at radius 2 is 1.76 bits per heavy atom. The van der Waals surface area contributed by atoms with Crippen LogP contribution in [0.4, 0.5) is 0 Å². The van der Waals surface area contributed by atoms with Crippen LogP contribution in [0.25, 0.3) is 16.8 Å². The third kappa shape index (κ3) is 6.41. The average Bonchev–Trinajstić information content (AvgIpc) is 3.43. The second-order valence-electron chi connectivity index (χ2n) is 11.6. The van der Waals surface area contributed by atoms with E-state index in [1.165, 1.54) is 11.3 Å². The maximum atomic E-state index is 14.6. The fourth-order valence-electron chi connectivity index (χ4n) is 6.30. The number of nitrogens with zero attached hydrogens (tertiary/aromatic N) is 4. The van der Waals surface area contributed by atoms with Crippen molar-refractivity contribution >= 4 is 56.7 Å². The lowest BCUT2D eigenvalue weighted by Gasteiger charge is -2.30. The first-order valence-electron chi connectivity index (χ1n) is 16.1. The summed E-state index contributed by atoms with van der Waals surface area (Å²) in [5.41, 5.74) is 3.51. The van der Waals surface area contributed by atoms with Crippen LogP contribution in [0.15, 0.2) is 93.9 Å². The smallest absolute Gasteiger partial charge is 0.271 e. The Kier molecular flexibility index (Phi) is 10.4. The monoisotopic (exact) mass is 798 g/mol. The van der Waals surface area contributed by atoms with E-state index in [9.17, 15) is 14.9 Å². The van der Waals surface area contributed by atoms with Crippen molar-refractivity contribution in [3.63, 3.8) is 0 Å². The topological polar surface area (TPSA) is 106 Å². The summed E-state index contributed by atoms with van der Waals surface area (Å²) >= 11 is 3.45. The molecule has 0 saturated heterocycles. The van der Waals surface area contributed by atoms with Gasteiger partial charge in [-0.05, 0) is 90.0 Å². The largest absolute Gasteiger partial charge is 0.496 e. The molecule has 1 aliphatic rings. The molecule has 1 aliphatic heterocycles. The first-order chi connectivity index (χ1) is 24.2. The van der Waals surface area contributed by atoms with Gasteiger partial charge in [0.05, 0.1) is 45.2 Å². The first kappa shape index (κ1) is 34.9. The summed E-state index contributed by atoms with van der Waals surface area (Å²) in [5, 5.41) is 11.3. The van der Waals surface area contributed by atoms with Gasteiger partial charge in [-0.25, -0.2) is 4.99 Å². The number of amides is 1. The van der Waals surface area contributed by atoms with E-state index in [0.29, 0.717) is 56.5 Å². The number of likely N-dealkylation sites (N-methyl/N-ethyl adjacent to an activating group) is 1. The van der Waals surface area contributed by atoms with Crippen molar-refractivity contribution in [2.24, 2.45) is 4.99 Å². The van der Waals surface area contributed by atoms with Gasteiger partial charge in [0.15, 0.2) is 16.3 Å². The number of rotatable bonds is 10. The summed E-state index contributed by atoms with van der Waals surface area (Å²) in [7, 11) is 3.17. The molecular formula is C39H35IN4O5S. The van der Waals surface area contributed by atoms with E-state index in [0.717, 1.165) is 31.0 Å². The number of thiazole rings is 1. The van der Waals surface area contributed by atoms with Crippen LogP contribution in [0.3, 0.4) is 0 Å². The predicted octanol–water partition coefficient (Wildman–Crippen LogP) is 6.33. The molecule has 5 aromatic rings. The average molecular weight is 799 g/mol. The van der Waals surface area contributed by atoms with Crippen LogP contribution < -0.4 is 29.1 Å². The number of hydrogen-bond donors (Lipinski definition) is 0. The molecule has 0 bridgehead atoms. The van der Waals surface area contributed by atoms with E-state index in [2.05, 4.69) is 28.7 Å². The van der Waals surface area contributed by atoms with Gasteiger partial charge in [0.2, 0.25) is 0 Å². The Bertz CT molecular complexity index is 2390. The van der Waals surface area contributed by atoms with Gasteiger partial charge in [-0.1, -0.05) is 59.9 Å². The van der Waals surface area contributed by atoms with E-state index in [4.69, 9.17) is 19.2 Å². The van der Waals surface area contributed by atoms with Gasteiger partial charge < -0.3 is 19.1 Å². The van der Waals surface area contributed by atoms with Crippen LogP contribution in [-0.2, 0) is 11.4 Å². The highest BCUT2D eigenvalue weighted by molar-refractivity contribution is 14.1. The van der Waals surface area contributed by atoms with E-state index in [1.807, 2.05) is 93.6 Å². The molecule has 1 aromatic heterocycles. The van der Waals surface area contributed by atoms with Crippen LogP contribution in [0, 0.1) is 14.9 Å². The number of halogens is 1. The second-order valence-corrected chi connectivity index (χ2v) is 13.7. The summed E-state index contributed by atoms with van der Waals surface area (Å²) in [4.78, 5) is 35.9. The highest BCUT2D eigenvalue weighted by Crippen LogP contribution is 2.41. The molecular weight excluding hydrogens is 763 g/mol. The molecule has 0 saturated carbocycles. The van der Waals surface area contributed by atoms with E-state index in [-0.39, 0.29) is 18.1 Å². The number of aromatic nitrogens is 1. The number of fused-ring (bicyclic) bond motifs is 2. The minimum atomic E-state index is -0.774. The number of ether oxygens (including phenoxy) is 3.